The fourth-order valence-corrected chi connectivity index (χ4v) is 2.39. The van der Waals surface area contributed by atoms with Crippen molar-refractivity contribution in [1.29, 1.82) is 0 Å². The average Bonchev–Trinajstić information content (AvgIpc) is 2.94. The van der Waals surface area contributed by atoms with Crippen LogP contribution in [-0.4, -0.2) is 21.0 Å². The van der Waals surface area contributed by atoms with Gasteiger partial charge in [-0.3, -0.25) is 5.32 Å². The summed E-state index contributed by atoms with van der Waals surface area (Å²) in [6.07, 6.45) is 2.52. The van der Waals surface area contributed by atoms with Crippen LogP contribution in [0.25, 0.3) is 11.2 Å². The number of nitrogens with zero attached hydrogens (tertiary/aromatic N) is 3. The summed E-state index contributed by atoms with van der Waals surface area (Å²) >= 11 is 0. The fraction of sp³-hybridized carbons (Fsp3) is 0.267. The Morgan fingerprint density at radius 3 is 2.86 bits per heavy atom. The van der Waals surface area contributed by atoms with Crippen LogP contribution in [0.1, 0.15) is 12.5 Å². The van der Waals surface area contributed by atoms with E-state index in [1.54, 1.807) is 6.33 Å². The lowest BCUT2D eigenvalue weighted by atomic mass is 10.1. The van der Waals surface area contributed by atoms with Gasteiger partial charge in [0.25, 0.3) is 0 Å². The van der Waals surface area contributed by atoms with Crippen LogP contribution in [-0.2, 0) is 13.5 Å². The maximum absolute atomic E-state index is 6.10. The summed E-state index contributed by atoms with van der Waals surface area (Å²) in [5.74, 6) is 1.34. The predicted molar refractivity (Wildman–Crippen MR) is 82.7 cm³/mol. The highest BCUT2D eigenvalue weighted by molar-refractivity contribution is 5.79. The Balaban J connectivity index is 1.82. The van der Waals surface area contributed by atoms with Gasteiger partial charge in [-0.05, 0) is 12.5 Å². The van der Waals surface area contributed by atoms with Crippen molar-refractivity contribution >= 4 is 22.9 Å². The molecule has 6 nitrogen and oxygen atoms in total. The molecule has 2 heterocycles. The average molecular weight is 283 g/mol. The number of fused-ring (bicyclic) bond motifs is 1. The van der Waals surface area contributed by atoms with Gasteiger partial charge in [0.2, 0.25) is 11.5 Å². The monoisotopic (exact) mass is 283 g/mol. The SMILES string of the molecule is C[C@@H](Cc1ccccc1)Nc1nc2nc[nH]c2c(N)[n+]1C. The van der Waals surface area contributed by atoms with Crippen LogP contribution in [0.15, 0.2) is 36.7 Å². The van der Waals surface area contributed by atoms with Crippen molar-refractivity contribution in [2.45, 2.75) is 19.4 Å². The standard InChI is InChI=1S/C15H18N6/c1-10(8-11-6-4-3-5-7-11)19-15-20-14-12(17-9-18-14)13(16)21(15)2/h3-7,9-10H,8H2,1-2H3,(H3,16,17,18,19,20)/p+1/t10-/m0/s1. The predicted octanol–water partition coefficient (Wildman–Crippen LogP) is 1.41. The van der Waals surface area contributed by atoms with Crippen LogP contribution in [0.5, 0.6) is 0 Å². The van der Waals surface area contributed by atoms with Crippen molar-refractivity contribution in [2.75, 3.05) is 11.1 Å². The Hall–Kier alpha value is -2.63. The third kappa shape index (κ3) is 2.65. The minimum Gasteiger partial charge on any atom is -0.337 e. The summed E-state index contributed by atoms with van der Waals surface area (Å²) in [5, 5.41) is 3.40. The number of aromatic amines is 1. The highest BCUT2D eigenvalue weighted by Gasteiger charge is 2.18. The van der Waals surface area contributed by atoms with Crippen LogP contribution in [0, 0.1) is 0 Å². The number of imidazole rings is 1. The number of nitrogen functional groups attached to an aromatic ring is 1. The van der Waals surface area contributed by atoms with Crippen LogP contribution in [0.3, 0.4) is 0 Å². The van der Waals surface area contributed by atoms with E-state index < -0.39 is 0 Å². The lowest BCUT2D eigenvalue weighted by molar-refractivity contribution is -0.643. The van der Waals surface area contributed by atoms with Gasteiger partial charge in [0.15, 0.2) is 5.52 Å². The molecule has 1 atom stereocenters. The van der Waals surface area contributed by atoms with Crippen molar-refractivity contribution in [1.82, 2.24) is 15.0 Å². The number of benzene rings is 1. The Bertz CT molecular complexity index is 749. The molecule has 3 aromatic rings. The van der Waals surface area contributed by atoms with Gasteiger partial charge in [-0.2, -0.15) is 0 Å². The molecule has 0 aliphatic rings. The number of anilines is 2. The lowest BCUT2D eigenvalue weighted by Gasteiger charge is -2.12. The molecule has 0 amide bonds. The van der Waals surface area contributed by atoms with Crippen molar-refractivity contribution in [3.8, 4) is 0 Å². The van der Waals surface area contributed by atoms with Gasteiger partial charge in [-0.15, -0.1) is 0 Å². The zero-order valence-electron chi connectivity index (χ0n) is 12.2. The van der Waals surface area contributed by atoms with Crippen LogP contribution >= 0.6 is 0 Å². The second-order valence-electron chi connectivity index (χ2n) is 5.22. The van der Waals surface area contributed by atoms with Gasteiger partial charge in [0.05, 0.1) is 19.4 Å². The van der Waals surface area contributed by atoms with E-state index in [-0.39, 0.29) is 6.04 Å². The van der Waals surface area contributed by atoms with E-state index in [1.807, 2.05) is 29.8 Å². The van der Waals surface area contributed by atoms with Crippen molar-refractivity contribution < 1.29 is 4.57 Å². The molecule has 0 spiro atoms. The lowest BCUT2D eigenvalue weighted by Crippen LogP contribution is -2.39. The van der Waals surface area contributed by atoms with E-state index in [0.29, 0.717) is 11.5 Å². The number of hydrogen-bond donors (Lipinski definition) is 3. The minimum atomic E-state index is 0.238. The molecule has 0 aliphatic heterocycles. The Kier molecular flexibility index (Phi) is 3.43. The van der Waals surface area contributed by atoms with Crippen LogP contribution in [0.4, 0.5) is 11.8 Å². The molecule has 0 aliphatic carbocycles. The first kappa shape index (κ1) is 13.4. The van der Waals surface area contributed by atoms with Crippen molar-refractivity contribution in [3.05, 3.63) is 42.2 Å². The van der Waals surface area contributed by atoms with E-state index in [0.717, 1.165) is 17.9 Å². The molecule has 0 bridgehead atoms. The molecule has 2 aromatic heterocycles. The molecule has 0 saturated carbocycles. The van der Waals surface area contributed by atoms with Crippen molar-refractivity contribution in [3.63, 3.8) is 0 Å². The molecule has 0 fully saturated rings. The van der Waals surface area contributed by atoms with E-state index in [4.69, 9.17) is 5.73 Å². The zero-order valence-corrected chi connectivity index (χ0v) is 12.2. The molecule has 21 heavy (non-hydrogen) atoms. The first-order valence-electron chi connectivity index (χ1n) is 6.94. The summed E-state index contributed by atoms with van der Waals surface area (Å²) in [6.45, 7) is 2.12. The van der Waals surface area contributed by atoms with Gasteiger partial charge in [0, 0.05) is 6.42 Å². The molecular weight excluding hydrogens is 264 g/mol. The fourth-order valence-electron chi connectivity index (χ4n) is 2.39. The first-order valence-corrected chi connectivity index (χ1v) is 6.94. The summed E-state index contributed by atoms with van der Waals surface area (Å²) in [5.41, 5.74) is 8.78. The van der Waals surface area contributed by atoms with E-state index in [2.05, 4.69) is 39.3 Å². The molecule has 108 valence electrons. The smallest absolute Gasteiger partial charge is 0.337 e. The van der Waals surface area contributed by atoms with Crippen molar-refractivity contribution in [2.24, 2.45) is 7.05 Å². The zero-order chi connectivity index (χ0) is 14.8. The minimum absolute atomic E-state index is 0.238. The third-order valence-electron chi connectivity index (χ3n) is 3.53. The van der Waals surface area contributed by atoms with Crippen LogP contribution in [0.2, 0.25) is 0 Å². The van der Waals surface area contributed by atoms with E-state index >= 15 is 0 Å². The van der Waals surface area contributed by atoms with Gasteiger partial charge in [-0.1, -0.05) is 35.3 Å². The van der Waals surface area contributed by atoms with Crippen LogP contribution < -0.4 is 15.6 Å². The number of nitrogens with one attached hydrogen (secondary N) is 2. The van der Waals surface area contributed by atoms with E-state index in [9.17, 15) is 0 Å². The first-order chi connectivity index (χ1) is 10.1. The number of rotatable bonds is 4. The third-order valence-corrected chi connectivity index (χ3v) is 3.53. The summed E-state index contributed by atoms with van der Waals surface area (Å²) in [6, 6.07) is 10.6. The quantitative estimate of drug-likeness (QED) is 0.632. The van der Waals surface area contributed by atoms with Gasteiger partial charge in [-0.25, -0.2) is 9.55 Å². The number of hydrogen-bond acceptors (Lipinski definition) is 4. The highest BCUT2D eigenvalue weighted by atomic mass is 15.2. The molecule has 4 N–H and O–H groups in total. The number of H-pyrrole nitrogens is 1. The summed E-state index contributed by atoms with van der Waals surface area (Å²) < 4.78 is 1.84. The molecule has 3 rings (SSSR count). The van der Waals surface area contributed by atoms with Gasteiger partial charge in [0.1, 0.15) is 0 Å². The second kappa shape index (κ2) is 5.40. The molecule has 1 aromatic carbocycles. The number of aromatic nitrogens is 4. The van der Waals surface area contributed by atoms with E-state index in [1.165, 1.54) is 5.56 Å². The molecule has 0 saturated heterocycles. The maximum atomic E-state index is 6.10. The Morgan fingerprint density at radius 2 is 2.10 bits per heavy atom. The summed E-state index contributed by atoms with van der Waals surface area (Å²) in [7, 11) is 1.89. The maximum Gasteiger partial charge on any atom is 0.349 e. The Morgan fingerprint density at radius 1 is 1.33 bits per heavy atom. The largest absolute Gasteiger partial charge is 0.349 e. The highest BCUT2D eigenvalue weighted by Crippen LogP contribution is 2.14. The Labute approximate surface area is 123 Å². The van der Waals surface area contributed by atoms with Gasteiger partial charge < -0.3 is 10.7 Å². The number of nitrogens with two attached hydrogens (primary N) is 1. The topological polar surface area (TPSA) is 83.5 Å². The molecule has 0 unspecified atom stereocenters. The van der Waals surface area contributed by atoms with Gasteiger partial charge >= 0.3 is 5.95 Å². The normalized spacial score (nSPS) is 12.5. The second-order valence-corrected chi connectivity index (χ2v) is 5.22. The summed E-state index contributed by atoms with van der Waals surface area (Å²) in [4.78, 5) is 11.7. The molecule has 6 heteroatoms. The molecule has 0 radical (unpaired) electrons. The molecular formula is C15H19N6+.